The lowest BCUT2D eigenvalue weighted by Gasteiger charge is -2.12. The second-order valence-corrected chi connectivity index (χ2v) is 5.47. The van der Waals surface area contributed by atoms with Crippen LogP contribution in [0.4, 0.5) is 0 Å². The molecule has 0 heterocycles. The van der Waals surface area contributed by atoms with Crippen molar-refractivity contribution in [1.82, 2.24) is 5.32 Å². The maximum Gasteiger partial charge on any atom is 0.230 e. The highest BCUT2D eigenvalue weighted by Gasteiger charge is 2.06. The summed E-state index contributed by atoms with van der Waals surface area (Å²) in [6, 6.07) is 7.72. The molecular formula is C13H18ClNO2S. The zero-order valence-corrected chi connectivity index (χ0v) is 12.2. The molecule has 0 aromatic heterocycles. The summed E-state index contributed by atoms with van der Waals surface area (Å²) in [5, 5.41) is 3.60. The van der Waals surface area contributed by atoms with E-state index in [0.29, 0.717) is 12.4 Å². The van der Waals surface area contributed by atoms with E-state index in [0.717, 1.165) is 10.8 Å². The number of rotatable bonds is 7. The number of methoxy groups -OCH3 is 1. The van der Waals surface area contributed by atoms with Gasteiger partial charge in [0.25, 0.3) is 0 Å². The standard InChI is InChI=1S/C13H18ClNO2S/c1-10(7-17-2)15-13(16)9-18-8-11-3-5-12(14)6-4-11/h3-6,10H,7-9H2,1-2H3,(H,15,16)/t10-/m0/s1. The van der Waals surface area contributed by atoms with Gasteiger partial charge in [-0.1, -0.05) is 23.7 Å². The third-order valence-corrected chi connectivity index (χ3v) is 3.49. The minimum atomic E-state index is 0.0403. The number of nitrogens with one attached hydrogen (secondary N) is 1. The van der Waals surface area contributed by atoms with E-state index >= 15 is 0 Å². The second-order valence-electron chi connectivity index (χ2n) is 4.04. The normalized spacial score (nSPS) is 12.2. The molecule has 1 aromatic carbocycles. The number of amides is 1. The van der Waals surface area contributed by atoms with E-state index in [4.69, 9.17) is 16.3 Å². The molecule has 0 saturated carbocycles. The summed E-state index contributed by atoms with van der Waals surface area (Å²) in [6.45, 7) is 2.46. The van der Waals surface area contributed by atoms with Crippen molar-refractivity contribution in [3.05, 3.63) is 34.9 Å². The van der Waals surface area contributed by atoms with Crippen molar-refractivity contribution in [2.24, 2.45) is 0 Å². The van der Waals surface area contributed by atoms with Gasteiger partial charge in [-0.15, -0.1) is 11.8 Å². The third kappa shape index (κ3) is 6.28. The highest BCUT2D eigenvalue weighted by atomic mass is 35.5. The van der Waals surface area contributed by atoms with E-state index in [1.807, 2.05) is 31.2 Å². The van der Waals surface area contributed by atoms with Crippen LogP contribution in [0.2, 0.25) is 5.02 Å². The second kappa shape index (κ2) is 8.40. The number of hydrogen-bond donors (Lipinski definition) is 1. The molecule has 0 aliphatic carbocycles. The lowest BCUT2D eigenvalue weighted by molar-refractivity contribution is -0.119. The van der Waals surface area contributed by atoms with E-state index in [-0.39, 0.29) is 11.9 Å². The van der Waals surface area contributed by atoms with Crippen LogP contribution in [-0.2, 0) is 15.3 Å². The largest absolute Gasteiger partial charge is 0.383 e. The van der Waals surface area contributed by atoms with E-state index in [1.54, 1.807) is 18.9 Å². The zero-order valence-electron chi connectivity index (χ0n) is 10.6. The van der Waals surface area contributed by atoms with Gasteiger partial charge in [-0.05, 0) is 24.6 Å². The van der Waals surface area contributed by atoms with Crippen molar-refractivity contribution < 1.29 is 9.53 Å². The average Bonchev–Trinajstić information content (AvgIpc) is 2.32. The Morgan fingerprint density at radius 1 is 1.44 bits per heavy atom. The fraction of sp³-hybridized carbons (Fsp3) is 0.462. The number of carbonyl (C=O) groups is 1. The summed E-state index contributed by atoms with van der Waals surface area (Å²) in [7, 11) is 1.62. The monoisotopic (exact) mass is 287 g/mol. The molecule has 0 aliphatic rings. The van der Waals surface area contributed by atoms with Gasteiger partial charge in [0.1, 0.15) is 0 Å². The fourth-order valence-electron chi connectivity index (χ4n) is 1.45. The Balaban J connectivity index is 2.21. The van der Waals surface area contributed by atoms with Gasteiger partial charge < -0.3 is 10.1 Å². The van der Waals surface area contributed by atoms with E-state index in [1.165, 1.54) is 5.56 Å². The summed E-state index contributed by atoms with van der Waals surface area (Å²) in [5.74, 6) is 1.30. The van der Waals surface area contributed by atoms with Crippen LogP contribution in [-0.4, -0.2) is 31.4 Å². The fourth-order valence-corrected chi connectivity index (χ4v) is 2.38. The minimum absolute atomic E-state index is 0.0403. The van der Waals surface area contributed by atoms with Crippen LogP contribution in [0.5, 0.6) is 0 Å². The molecule has 1 rings (SSSR count). The van der Waals surface area contributed by atoms with E-state index < -0.39 is 0 Å². The van der Waals surface area contributed by atoms with Crippen molar-refractivity contribution in [3.63, 3.8) is 0 Å². The Morgan fingerprint density at radius 2 is 2.11 bits per heavy atom. The van der Waals surface area contributed by atoms with Gasteiger partial charge in [-0.3, -0.25) is 4.79 Å². The van der Waals surface area contributed by atoms with Crippen LogP contribution >= 0.6 is 23.4 Å². The number of benzene rings is 1. The summed E-state index contributed by atoms with van der Waals surface area (Å²) < 4.78 is 4.96. The van der Waals surface area contributed by atoms with Crippen molar-refractivity contribution in [2.75, 3.05) is 19.5 Å². The molecule has 1 amide bonds. The Hall–Kier alpha value is -0.710. The zero-order chi connectivity index (χ0) is 13.4. The lowest BCUT2D eigenvalue weighted by atomic mass is 10.2. The van der Waals surface area contributed by atoms with Crippen LogP contribution in [0.1, 0.15) is 12.5 Å². The smallest absolute Gasteiger partial charge is 0.230 e. The topological polar surface area (TPSA) is 38.3 Å². The number of thioether (sulfide) groups is 1. The molecule has 0 bridgehead atoms. The molecule has 0 unspecified atom stereocenters. The van der Waals surface area contributed by atoms with Crippen LogP contribution in [0.3, 0.4) is 0 Å². The summed E-state index contributed by atoms with van der Waals surface area (Å²) in [5.41, 5.74) is 1.17. The molecule has 3 nitrogen and oxygen atoms in total. The molecular weight excluding hydrogens is 270 g/mol. The van der Waals surface area contributed by atoms with Crippen molar-refractivity contribution >= 4 is 29.3 Å². The third-order valence-electron chi connectivity index (χ3n) is 2.24. The predicted octanol–water partition coefficient (Wildman–Crippen LogP) is 2.72. The average molecular weight is 288 g/mol. The molecule has 1 N–H and O–H groups in total. The van der Waals surface area contributed by atoms with Gasteiger partial charge in [-0.25, -0.2) is 0 Å². The van der Waals surface area contributed by atoms with Gasteiger partial charge in [-0.2, -0.15) is 0 Å². The number of carbonyl (C=O) groups excluding carboxylic acids is 1. The first-order valence-electron chi connectivity index (χ1n) is 5.72. The molecule has 0 saturated heterocycles. The van der Waals surface area contributed by atoms with Gasteiger partial charge in [0, 0.05) is 23.9 Å². The molecule has 0 aliphatic heterocycles. The quantitative estimate of drug-likeness (QED) is 0.838. The molecule has 18 heavy (non-hydrogen) atoms. The van der Waals surface area contributed by atoms with Gasteiger partial charge in [0.15, 0.2) is 0 Å². The molecule has 0 radical (unpaired) electrons. The SMILES string of the molecule is COC[C@H](C)NC(=O)CSCc1ccc(Cl)cc1. The highest BCUT2D eigenvalue weighted by Crippen LogP contribution is 2.15. The Bertz CT molecular complexity index is 370. The number of halogens is 1. The van der Waals surface area contributed by atoms with Crippen LogP contribution in [0, 0.1) is 0 Å². The van der Waals surface area contributed by atoms with Crippen LogP contribution < -0.4 is 5.32 Å². The van der Waals surface area contributed by atoms with Gasteiger partial charge >= 0.3 is 0 Å². The first-order valence-corrected chi connectivity index (χ1v) is 7.25. The molecule has 1 atom stereocenters. The molecule has 100 valence electrons. The van der Waals surface area contributed by atoms with Crippen LogP contribution in [0.25, 0.3) is 0 Å². The predicted molar refractivity (Wildman–Crippen MR) is 77.1 cm³/mol. The van der Waals surface area contributed by atoms with Crippen LogP contribution in [0.15, 0.2) is 24.3 Å². The van der Waals surface area contributed by atoms with Gasteiger partial charge in [0.2, 0.25) is 5.91 Å². The summed E-state index contributed by atoms with van der Waals surface area (Å²) in [6.07, 6.45) is 0. The van der Waals surface area contributed by atoms with Crippen molar-refractivity contribution in [2.45, 2.75) is 18.7 Å². The molecule has 0 fully saturated rings. The number of hydrogen-bond acceptors (Lipinski definition) is 3. The maximum atomic E-state index is 11.6. The number of ether oxygens (including phenoxy) is 1. The molecule has 5 heteroatoms. The molecule has 0 spiro atoms. The summed E-state index contributed by atoms with van der Waals surface area (Å²) in [4.78, 5) is 11.6. The first kappa shape index (κ1) is 15.3. The van der Waals surface area contributed by atoms with Crippen molar-refractivity contribution in [3.8, 4) is 0 Å². The van der Waals surface area contributed by atoms with E-state index in [2.05, 4.69) is 5.32 Å². The highest BCUT2D eigenvalue weighted by molar-refractivity contribution is 7.99. The first-order chi connectivity index (χ1) is 8.61. The maximum absolute atomic E-state index is 11.6. The van der Waals surface area contributed by atoms with Gasteiger partial charge in [0.05, 0.1) is 12.4 Å². The Morgan fingerprint density at radius 3 is 2.72 bits per heavy atom. The summed E-state index contributed by atoms with van der Waals surface area (Å²) >= 11 is 7.38. The van der Waals surface area contributed by atoms with Crippen molar-refractivity contribution in [1.29, 1.82) is 0 Å². The Labute approximate surface area is 117 Å². The Kier molecular flexibility index (Phi) is 7.16. The minimum Gasteiger partial charge on any atom is -0.383 e. The molecule has 1 aromatic rings. The van der Waals surface area contributed by atoms with E-state index in [9.17, 15) is 4.79 Å². The lowest BCUT2D eigenvalue weighted by Crippen LogP contribution is -2.36.